The van der Waals surface area contributed by atoms with Gasteiger partial charge in [-0.2, -0.15) is 0 Å². The third-order valence-corrected chi connectivity index (χ3v) is 1.10. The number of phosphoric ester groups is 1. The van der Waals surface area contributed by atoms with E-state index in [0.717, 1.165) is 0 Å². The molecule has 12 heavy (non-hydrogen) atoms. The van der Waals surface area contributed by atoms with E-state index in [-0.39, 0.29) is 38.7 Å². The Morgan fingerprint density at radius 2 is 2.08 bits per heavy atom. The van der Waals surface area contributed by atoms with Gasteiger partial charge in [0.15, 0.2) is 0 Å². The molecule has 0 unspecified atom stereocenters. The maximum absolute atomic E-state index is 9.89. The van der Waals surface area contributed by atoms with Crippen LogP contribution >= 0.6 is 7.82 Å². The molecule has 0 atom stereocenters. The van der Waals surface area contributed by atoms with Crippen molar-refractivity contribution in [1.82, 2.24) is 0 Å². The first-order valence-electron chi connectivity index (χ1n) is 2.33. The second-order valence-electron chi connectivity index (χ2n) is 1.47. The molecule has 1 heterocycles. The van der Waals surface area contributed by atoms with Gasteiger partial charge in [-0.1, -0.05) is 0 Å². The summed E-state index contributed by atoms with van der Waals surface area (Å²) in [7, 11) is -4.95. The standard InChI is InChI=1S/C4H5O5P.H2O.Pb/c5-10(6,7)9-4-2-1-3-8-4;;/h1-3H,(H2,5,6,7);1H2;/q;;+2/p-2. The summed E-state index contributed by atoms with van der Waals surface area (Å²) in [5.41, 5.74) is 0. The Hall–Kier alpha value is 0.112. The zero-order valence-electron chi connectivity index (χ0n) is 5.72. The Morgan fingerprint density at radius 1 is 1.50 bits per heavy atom. The van der Waals surface area contributed by atoms with Crippen LogP contribution in [0.5, 0.6) is 5.95 Å². The summed E-state index contributed by atoms with van der Waals surface area (Å²) < 4.78 is 18.1. The molecular formula is C4H5O6PPb. The van der Waals surface area contributed by atoms with Crippen molar-refractivity contribution in [2.45, 2.75) is 0 Å². The maximum Gasteiger partial charge on any atom is 2.00 e. The fraction of sp³-hybridized carbons (Fsp3) is 0. The smallest absolute Gasteiger partial charge is 0.780 e. The van der Waals surface area contributed by atoms with E-state index in [9.17, 15) is 14.4 Å². The zero-order valence-corrected chi connectivity index (χ0v) is 10.5. The summed E-state index contributed by atoms with van der Waals surface area (Å²) in [5, 5.41) is 0. The van der Waals surface area contributed by atoms with Crippen molar-refractivity contribution in [2.75, 3.05) is 0 Å². The third kappa shape index (κ3) is 5.72. The quantitative estimate of drug-likeness (QED) is 0.442. The van der Waals surface area contributed by atoms with Crippen molar-refractivity contribution in [3.05, 3.63) is 18.4 Å². The summed E-state index contributed by atoms with van der Waals surface area (Å²) in [6, 6.07) is 2.63. The number of hydrogen-bond acceptors (Lipinski definition) is 5. The van der Waals surface area contributed by atoms with Crippen LogP contribution in [0.4, 0.5) is 0 Å². The van der Waals surface area contributed by atoms with Crippen LogP contribution in [0.25, 0.3) is 0 Å². The molecule has 8 heteroatoms. The van der Waals surface area contributed by atoms with Gasteiger partial charge in [-0.05, 0) is 6.07 Å². The minimum atomic E-state index is -4.95. The summed E-state index contributed by atoms with van der Waals surface area (Å²) in [6.07, 6.45) is 1.20. The van der Waals surface area contributed by atoms with Gasteiger partial charge in [0, 0.05) is 6.07 Å². The second kappa shape index (κ2) is 5.71. The molecule has 0 saturated carbocycles. The number of rotatable bonds is 2. The van der Waals surface area contributed by atoms with Crippen molar-refractivity contribution in [2.24, 2.45) is 0 Å². The maximum atomic E-state index is 9.89. The third-order valence-electron chi connectivity index (χ3n) is 0.697. The van der Waals surface area contributed by atoms with Crippen molar-refractivity contribution in [3.8, 4) is 5.95 Å². The first-order valence-corrected chi connectivity index (χ1v) is 3.79. The fourth-order valence-electron chi connectivity index (χ4n) is 0.426. The van der Waals surface area contributed by atoms with Gasteiger partial charge in [-0.15, -0.1) is 0 Å². The molecule has 0 aromatic carbocycles. The van der Waals surface area contributed by atoms with Crippen molar-refractivity contribution >= 4 is 35.1 Å². The van der Waals surface area contributed by atoms with Crippen molar-refractivity contribution in [3.63, 3.8) is 0 Å². The molecule has 1 aromatic heterocycles. The van der Waals surface area contributed by atoms with Crippen LogP contribution < -0.4 is 14.3 Å². The van der Waals surface area contributed by atoms with E-state index in [1.807, 2.05) is 0 Å². The molecule has 6 nitrogen and oxygen atoms in total. The van der Waals surface area contributed by atoms with Gasteiger partial charge in [-0.25, -0.2) is 0 Å². The predicted molar refractivity (Wildman–Crippen MR) is 36.3 cm³/mol. The van der Waals surface area contributed by atoms with Crippen LogP contribution in [0, 0.1) is 0 Å². The molecule has 66 valence electrons. The van der Waals surface area contributed by atoms with E-state index < -0.39 is 7.82 Å². The Labute approximate surface area is 88.2 Å². The molecule has 0 bridgehead atoms. The van der Waals surface area contributed by atoms with E-state index in [4.69, 9.17) is 0 Å². The van der Waals surface area contributed by atoms with Crippen LogP contribution in [0.3, 0.4) is 0 Å². The minimum absolute atomic E-state index is 0. The largest absolute Gasteiger partial charge is 2.00 e. The van der Waals surface area contributed by atoms with Gasteiger partial charge < -0.3 is 28.8 Å². The van der Waals surface area contributed by atoms with E-state index in [2.05, 4.69) is 8.94 Å². The van der Waals surface area contributed by atoms with Gasteiger partial charge in [0.25, 0.3) is 5.95 Å². The molecular weight excluding hydrogens is 382 g/mol. The molecule has 2 radical (unpaired) electrons. The molecule has 0 aliphatic heterocycles. The molecule has 2 N–H and O–H groups in total. The normalized spacial score (nSPS) is 9.50. The molecule has 0 aliphatic carbocycles. The van der Waals surface area contributed by atoms with Gasteiger partial charge >= 0.3 is 27.3 Å². The first-order chi connectivity index (χ1) is 4.58. The fourth-order valence-corrected chi connectivity index (χ4v) is 0.750. The van der Waals surface area contributed by atoms with E-state index in [1.165, 1.54) is 18.4 Å². The van der Waals surface area contributed by atoms with Gasteiger partial charge in [0.1, 0.15) is 7.82 Å². The Morgan fingerprint density at radius 3 is 2.42 bits per heavy atom. The molecule has 1 rings (SSSR count). The monoisotopic (exact) mass is 388 g/mol. The van der Waals surface area contributed by atoms with Crippen LogP contribution in [0.2, 0.25) is 0 Å². The summed E-state index contributed by atoms with van der Waals surface area (Å²) >= 11 is 0. The Kier molecular flexibility index (Phi) is 6.95. The topological polar surface area (TPSA) is 117 Å². The van der Waals surface area contributed by atoms with Crippen LogP contribution in [-0.4, -0.2) is 32.8 Å². The number of furan rings is 1. The average Bonchev–Trinajstić information content (AvgIpc) is 2.12. The van der Waals surface area contributed by atoms with Crippen LogP contribution in [0.1, 0.15) is 0 Å². The average molecular weight is 387 g/mol. The van der Waals surface area contributed by atoms with E-state index in [0.29, 0.717) is 0 Å². The summed E-state index contributed by atoms with van der Waals surface area (Å²) in [5.74, 6) is -0.312. The molecule has 0 amide bonds. The summed E-state index contributed by atoms with van der Waals surface area (Å²) in [6.45, 7) is 0. The van der Waals surface area contributed by atoms with Crippen molar-refractivity contribution < 1.29 is 28.8 Å². The number of phosphoric acid groups is 1. The van der Waals surface area contributed by atoms with Crippen LogP contribution in [0.15, 0.2) is 22.8 Å². The van der Waals surface area contributed by atoms with E-state index >= 15 is 0 Å². The molecule has 1 aromatic rings. The molecule has 0 aliphatic rings. The number of hydrogen-bond donors (Lipinski definition) is 0. The summed E-state index contributed by atoms with van der Waals surface area (Å²) in [4.78, 5) is 19.8. The second-order valence-corrected chi connectivity index (χ2v) is 2.55. The van der Waals surface area contributed by atoms with Crippen molar-refractivity contribution in [1.29, 1.82) is 0 Å². The van der Waals surface area contributed by atoms with E-state index in [1.54, 1.807) is 0 Å². The SMILES string of the molecule is O.O=P([O-])([O-])Oc1ccco1.[Pb+2]. The minimum Gasteiger partial charge on any atom is -0.780 e. The predicted octanol–water partition coefficient (Wildman–Crippen LogP) is -1.72. The zero-order chi connectivity index (χ0) is 7.61. The molecule has 0 spiro atoms. The van der Waals surface area contributed by atoms with Gasteiger partial charge in [0.2, 0.25) is 0 Å². The van der Waals surface area contributed by atoms with Gasteiger partial charge in [0.05, 0.1) is 6.26 Å². The Balaban J connectivity index is 0. The molecule has 0 fully saturated rings. The molecule has 0 saturated heterocycles. The van der Waals surface area contributed by atoms with Crippen LogP contribution in [-0.2, 0) is 4.57 Å². The Bertz CT molecular complexity index is 240. The first kappa shape index (κ1) is 14.6. The van der Waals surface area contributed by atoms with Gasteiger partial charge in [-0.3, -0.25) is 0 Å².